The first-order valence-electron chi connectivity index (χ1n) is 6.32. The third-order valence-corrected chi connectivity index (χ3v) is 3.93. The molecule has 1 atom stereocenters. The van der Waals surface area contributed by atoms with Gasteiger partial charge in [0.2, 0.25) is 0 Å². The molecule has 1 N–H and O–H groups in total. The van der Waals surface area contributed by atoms with Gasteiger partial charge < -0.3 is 5.32 Å². The SMILES string of the molecule is CCCNC(C)c1nnc(-c2ccc(C#N)cc2)s1. The lowest BCUT2D eigenvalue weighted by molar-refractivity contribution is 0.564. The topological polar surface area (TPSA) is 61.6 Å². The monoisotopic (exact) mass is 272 g/mol. The van der Waals surface area contributed by atoms with E-state index in [4.69, 9.17) is 5.26 Å². The van der Waals surface area contributed by atoms with Gasteiger partial charge in [0, 0.05) is 5.56 Å². The zero-order valence-electron chi connectivity index (χ0n) is 11.1. The van der Waals surface area contributed by atoms with Gasteiger partial charge in [0.15, 0.2) is 0 Å². The van der Waals surface area contributed by atoms with E-state index in [0.717, 1.165) is 28.5 Å². The van der Waals surface area contributed by atoms with Crippen molar-refractivity contribution in [3.05, 3.63) is 34.8 Å². The highest BCUT2D eigenvalue weighted by molar-refractivity contribution is 7.14. The van der Waals surface area contributed by atoms with E-state index < -0.39 is 0 Å². The lowest BCUT2D eigenvalue weighted by Crippen LogP contribution is -2.18. The Labute approximate surface area is 117 Å². The summed E-state index contributed by atoms with van der Waals surface area (Å²) in [4.78, 5) is 0. The minimum atomic E-state index is 0.226. The zero-order valence-corrected chi connectivity index (χ0v) is 11.9. The van der Waals surface area contributed by atoms with Crippen molar-refractivity contribution in [1.29, 1.82) is 5.26 Å². The molecule has 2 rings (SSSR count). The van der Waals surface area contributed by atoms with Gasteiger partial charge in [-0.25, -0.2) is 0 Å². The molecule has 0 amide bonds. The van der Waals surface area contributed by atoms with E-state index in [0.29, 0.717) is 5.56 Å². The first kappa shape index (κ1) is 13.7. The van der Waals surface area contributed by atoms with Gasteiger partial charge in [-0.2, -0.15) is 5.26 Å². The van der Waals surface area contributed by atoms with Crippen molar-refractivity contribution < 1.29 is 0 Å². The number of rotatable bonds is 5. The molecule has 0 fully saturated rings. The summed E-state index contributed by atoms with van der Waals surface area (Å²) in [6.45, 7) is 5.22. The molecule has 1 heterocycles. The van der Waals surface area contributed by atoms with Crippen molar-refractivity contribution in [3.63, 3.8) is 0 Å². The highest BCUT2D eigenvalue weighted by atomic mass is 32.1. The summed E-state index contributed by atoms with van der Waals surface area (Å²) in [7, 11) is 0. The average Bonchev–Trinajstić information content (AvgIpc) is 2.94. The summed E-state index contributed by atoms with van der Waals surface area (Å²) in [6.07, 6.45) is 1.10. The molecule has 0 bridgehead atoms. The molecule has 0 radical (unpaired) electrons. The Kier molecular flexibility index (Phi) is 4.61. The maximum atomic E-state index is 8.77. The molecule has 1 unspecified atom stereocenters. The first-order valence-corrected chi connectivity index (χ1v) is 7.13. The first-order chi connectivity index (χ1) is 9.24. The minimum Gasteiger partial charge on any atom is -0.308 e. The van der Waals surface area contributed by atoms with Gasteiger partial charge in [-0.05, 0) is 32.0 Å². The second kappa shape index (κ2) is 6.41. The van der Waals surface area contributed by atoms with Crippen molar-refractivity contribution >= 4 is 11.3 Å². The lowest BCUT2D eigenvalue weighted by atomic mass is 10.2. The molecule has 4 nitrogen and oxygen atoms in total. The van der Waals surface area contributed by atoms with Crippen molar-refractivity contribution in [2.24, 2.45) is 0 Å². The molecule has 0 saturated carbocycles. The average molecular weight is 272 g/mol. The second-order valence-corrected chi connectivity index (χ2v) is 5.32. The summed E-state index contributed by atoms with van der Waals surface area (Å²) < 4.78 is 0. The van der Waals surface area contributed by atoms with E-state index in [2.05, 4.69) is 35.4 Å². The number of benzene rings is 1. The van der Waals surface area contributed by atoms with Crippen molar-refractivity contribution in [3.8, 4) is 16.6 Å². The Morgan fingerprint density at radius 1 is 1.32 bits per heavy atom. The molecule has 5 heteroatoms. The van der Waals surface area contributed by atoms with E-state index in [1.54, 1.807) is 23.5 Å². The van der Waals surface area contributed by atoms with Gasteiger partial charge in [-0.3, -0.25) is 0 Å². The van der Waals surface area contributed by atoms with Crippen LogP contribution in [0, 0.1) is 11.3 Å². The third-order valence-electron chi connectivity index (χ3n) is 2.77. The molecular weight excluding hydrogens is 256 g/mol. The molecule has 0 saturated heterocycles. The van der Waals surface area contributed by atoms with E-state index in [1.807, 2.05) is 12.1 Å². The summed E-state index contributed by atoms with van der Waals surface area (Å²) in [5, 5.41) is 22.5. The fourth-order valence-electron chi connectivity index (χ4n) is 1.66. The summed E-state index contributed by atoms with van der Waals surface area (Å²) in [5.41, 5.74) is 1.66. The van der Waals surface area contributed by atoms with Crippen molar-refractivity contribution in [2.75, 3.05) is 6.54 Å². The molecule has 0 aliphatic heterocycles. The summed E-state index contributed by atoms with van der Waals surface area (Å²) in [6, 6.07) is 9.76. The fourth-order valence-corrected chi connectivity index (χ4v) is 2.54. The molecule has 0 aliphatic rings. The van der Waals surface area contributed by atoms with Gasteiger partial charge >= 0.3 is 0 Å². The Morgan fingerprint density at radius 2 is 2.05 bits per heavy atom. The van der Waals surface area contributed by atoms with Gasteiger partial charge in [0.25, 0.3) is 0 Å². The molecule has 2 aromatic rings. The zero-order chi connectivity index (χ0) is 13.7. The Bertz CT molecular complexity index is 568. The van der Waals surface area contributed by atoms with Crippen LogP contribution in [0.15, 0.2) is 24.3 Å². The third kappa shape index (κ3) is 3.37. The largest absolute Gasteiger partial charge is 0.308 e. The molecular formula is C14H16N4S. The predicted octanol–water partition coefficient (Wildman–Crippen LogP) is 3.14. The van der Waals surface area contributed by atoms with Gasteiger partial charge in [0.1, 0.15) is 10.0 Å². The van der Waals surface area contributed by atoms with Crippen molar-refractivity contribution in [1.82, 2.24) is 15.5 Å². The lowest BCUT2D eigenvalue weighted by Gasteiger charge is -2.08. The molecule has 1 aromatic heterocycles. The normalized spacial score (nSPS) is 12.1. The van der Waals surface area contributed by atoms with E-state index >= 15 is 0 Å². The van der Waals surface area contributed by atoms with Crippen molar-refractivity contribution in [2.45, 2.75) is 26.3 Å². The van der Waals surface area contributed by atoms with E-state index in [1.165, 1.54) is 0 Å². The molecule has 19 heavy (non-hydrogen) atoms. The quantitative estimate of drug-likeness (QED) is 0.908. The van der Waals surface area contributed by atoms with Crippen LogP contribution in [0.25, 0.3) is 10.6 Å². The van der Waals surface area contributed by atoms with Crippen LogP contribution in [0.3, 0.4) is 0 Å². The van der Waals surface area contributed by atoms with Crippen LogP contribution in [-0.4, -0.2) is 16.7 Å². The Morgan fingerprint density at radius 3 is 2.68 bits per heavy atom. The van der Waals surface area contributed by atoms with Gasteiger partial charge in [0.05, 0.1) is 17.7 Å². The maximum Gasteiger partial charge on any atom is 0.147 e. The van der Waals surface area contributed by atoms with E-state index in [9.17, 15) is 0 Å². The van der Waals surface area contributed by atoms with Crippen LogP contribution in [0.4, 0.5) is 0 Å². The highest BCUT2D eigenvalue weighted by Gasteiger charge is 2.12. The maximum absolute atomic E-state index is 8.77. The second-order valence-electron chi connectivity index (χ2n) is 4.31. The van der Waals surface area contributed by atoms with E-state index in [-0.39, 0.29) is 6.04 Å². The molecule has 98 valence electrons. The molecule has 0 spiro atoms. The van der Waals surface area contributed by atoms with Crippen LogP contribution in [-0.2, 0) is 0 Å². The number of hydrogen-bond donors (Lipinski definition) is 1. The number of nitrogens with one attached hydrogen (secondary N) is 1. The summed E-state index contributed by atoms with van der Waals surface area (Å²) >= 11 is 1.59. The fraction of sp³-hybridized carbons (Fsp3) is 0.357. The Balaban J connectivity index is 2.13. The number of nitriles is 1. The minimum absolute atomic E-state index is 0.226. The standard InChI is InChI=1S/C14H16N4S/c1-3-8-16-10(2)13-17-18-14(19-13)12-6-4-11(9-15)5-7-12/h4-7,10,16H,3,8H2,1-2H3. The van der Waals surface area contributed by atoms with Crippen LogP contribution >= 0.6 is 11.3 Å². The van der Waals surface area contributed by atoms with Crippen LogP contribution < -0.4 is 5.32 Å². The van der Waals surface area contributed by atoms with Crippen LogP contribution in [0.5, 0.6) is 0 Å². The van der Waals surface area contributed by atoms with Gasteiger partial charge in [-0.1, -0.05) is 30.4 Å². The Hall–Kier alpha value is -1.77. The summed E-state index contributed by atoms with van der Waals surface area (Å²) in [5.74, 6) is 0. The molecule has 1 aromatic carbocycles. The van der Waals surface area contributed by atoms with Gasteiger partial charge in [-0.15, -0.1) is 10.2 Å². The number of aromatic nitrogens is 2. The van der Waals surface area contributed by atoms with Crippen LogP contribution in [0.2, 0.25) is 0 Å². The number of nitrogens with zero attached hydrogens (tertiary/aromatic N) is 3. The predicted molar refractivity (Wildman–Crippen MR) is 76.8 cm³/mol. The smallest absolute Gasteiger partial charge is 0.147 e. The highest BCUT2D eigenvalue weighted by Crippen LogP contribution is 2.26. The molecule has 0 aliphatic carbocycles. The van der Waals surface area contributed by atoms with Crippen LogP contribution in [0.1, 0.15) is 36.9 Å². The number of hydrogen-bond acceptors (Lipinski definition) is 5.